The highest BCUT2D eigenvalue weighted by molar-refractivity contribution is 7.99. The van der Waals surface area contributed by atoms with E-state index in [1.54, 1.807) is 0 Å². The van der Waals surface area contributed by atoms with E-state index in [0.717, 1.165) is 26.2 Å². The van der Waals surface area contributed by atoms with Crippen molar-refractivity contribution in [2.45, 2.75) is 43.9 Å². The summed E-state index contributed by atoms with van der Waals surface area (Å²) in [5.41, 5.74) is 1.44. The SMILES string of the molecule is CSC(C)(C)CCN(CCc1ccccc1)C1CCOC1. The maximum Gasteiger partial charge on any atom is 0.0622 e. The van der Waals surface area contributed by atoms with Gasteiger partial charge in [-0.3, -0.25) is 4.90 Å². The third kappa shape index (κ3) is 5.65. The van der Waals surface area contributed by atoms with Crippen molar-refractivity contribution >= 4 is 11.8 Å². The summed E-state index contributed by atoms with van der Waals surface area (Å²) in [6.45, 7) is 8.85. The zero-order valence-corrected chi connectivity index (χ0v) is 14.5. The molecule has 2 rings (SSSR count). The summed E-state index contributed by atoms with van der Waals surface area (Å²) < 4.78 is 5.97. The topological polar surface area (TPSA) is 12.5 Å². The molecular formula is C18H29NOS. The van der Waals surface area contributed by atoms with Crippen LogP contribution in [0.5, 0.6) is 0 Å². The Morgan fingerprint density at radius 3 is 2.62 bits per heavy atom. The molecule has 21 heavy (non-hydrogen) atoms. The van der Waals surface area contributed by atoms with Gasteiger partial charge in [-0.25, -0.2) is 0 Å². The van der Waals surface area contributed by atoms with Crippen molar-refractivity contribution in [3.05, 3.63) is 35.9 Å². The summed E-state index contributed by atoms with van der Waals surface area (Å²) in [6.07, 6.45) is 5.78. The molecule has 2 nitrogen and oxygen atoms in total. The Morgan fingerprint density at radius 2 is 2.00 bits per heavy atom. The first-order chi connectivity index (χ1) is 10.1. The lowest BCUT2D eigenvalue weighted by Crippen LogP contribution is -2.39. The smallest absolute Gasteiger partial charge is 0.0622 e. The molecule has 0 radical (unpaired) electrons. The van der Waals surface area contributed by atoms with Crippen LogP contribution < -0.4 is 0 Å². The minimum absolute atomic E-state index is 0.366. The van der Waals surface area contributed by atoms with Gasteiger partial charge in [0.2, 0.25) is 0 Å². The van der Waals surface area contributed by atoms with Gasteiger partial charge in [0.05, 0.1) is 6.61 Å². The van der Waals surface area contributed by atoms with Crippen LogP contribution in [0.3, 0.4) is 0 Å². The molecule has 1 aliphatic rings. The van der Waals surface area contributed by atoms with Crippen LogP contribution in [0.25, 0.3) is 0 Å². The van der Waals surface area contributed by atoms with Crippen LogP contribution in [0.15, 0.2) is 30.3 Å². The van der Waals surface area contributed by atoms with Gasteiger partial charge in [-0.15, -0.1) is 0 Å². The Balaban J connectivity index is 1.89. The van der Waals surface area contributed by atoms with E-state index in [1.807, 2.05) is 11.8 Å². The van der Waals surface area contributed by atoms with Crippen LogP contribution in [0.4, 0.5) is 0 Å². The van der Waals surface area contributed by atoms with E-state index in [-0.39, 0.29) is 0 Å². The molecule has 1 fully saturated rings. The van der Waals surface area contributed by atoms with Crippen LogP contribution >= 0.6 is 11.8 Å². The Labute approximate surface area is 134 Å². The standard InChI is InChI=1S/C18H29NOS/c1-18(2,21-3)11-13-19(17-10-14-20-15-17)12-9-16-7-5-4-6-8-16/h4-8,17H,9-15H2,1-3H3. The van der Waals surface area contributed by atoms with E-state index in [2.05, 4.69) is 55.3 Å². The van der Waals surface area contributed by atoms with Gasteiger partial charge >= 0.3 is 0 Å². The van der Waals surface area contributed by atoms with Crippen molar-refractivity contribution in [1.82, 2.24) is 4.90 Å². The zero-order valence-electron chi connectivity index (χ0n) is 13.7. The minimum atomic E-state index is 0.366. The normalized spacial score (nSPS) is 19.3. The van der Waals surface area contributed by atoms with Gasteiger partial charge in [-0.1, -0.05) is 44.2 Å². The monoisotopic (exact) mass is 307 g/mol. The number of rotatable bonds is 8. The highest BCUT2D eigenvalue weighted by Crippen LogP contribution is 2.26. The summed E-state index contributed by atoms with van der Waals surface area (Å²) in [4.78, 5) is 2.65. The molecule has 1 aromatic rings. The third-order valence-electron chi connectivity index (χ3n) is 4.51. The van der Waals surface area contributed by atoms with Crippen LogP contribution in [-0.4, -0.2) is 48.2 Å². The molecule has 0 N–H and O–H groups in total. The Hall–Kier alpha value is -0.510. The van der Waals surface area contributed by atoms with Gasteiger partial charge in [0.1, 0.15) is 0 Å². The molecule has 0 bridgehead atoms. The van der Waals surface area contributed by atoms with E-state index >= 15 is 0 Å². The van der Waals surface area contributed by atoms with Crippen molar-refractivity contribution < 1.29 is 4.74 Å². The predicted molar refractivity (Wildman–Crippen MR) is 93.2 cm³/mol. The maximum atomic E-state index is 5.60. The fourth-order valence-electron chi connectivity index (χ4n) is 2.72. The van der Waals surface area contributed by atoms with Gasteiger partial charge < -0.3 is 4.74 Å². The molecule has 1 unspecified atom stereocenters. The van der Waals surface area contributed by atoms with Gasteiger partial charge in [-0.05, 0) is 37.6 Å². The molecule has 1 heterocycles. The van der Waals surface area contributed by atoms with Crippen molar-refractivity contribution in [2.75, 3.05) is 32.6 Å². The number of benzene rings is 1. The molecule has 1 aliphatic heterocycles. The second-order valence-corrected chi connectivity index (χ2v) is 8.02. The van der Waals surface area contributed by atoms with E-state index in [4.69, 9.17) is 4.74 Å². The lowest BCUT2D eigenvalue weighted by molar-refractivity contribution is 0.141. The van der Waals surface area contributed by atoms with E-state index in [1.165, 1.54) is 24.9 Å². The number of hydrogen-bond donors (Lipinski definition) is 0. The molecule has 0 aromatic heterocycles. The molecule has 0 spiro atoms. The quantitative estimate of drug-likeness (QED) is 0.724. The molecule has 118 valence electrons. The number of nitrogens with zero attached hydrogens (tertiary/aromatic N) is 1. The molecule has 0 amide bonds. The highest BCUT2D eigenvalue weighted by Gasteiger charge is 2.25. The summed E-state index contributed by atoms with van der Waals surface area (Å²) in [5, 5.41) is 0. The minimum Gasteiger partial charge on any atom is -0.380 e. The van der Waals surface area contributed by atoms with Crippen LogP contribution in [0.1, 0.15) is 32.3 Å². The lowest BCUT2D eigenvalue weighted by atomic mass is 10.1. The van der Waals surface area contributed by atoms with Gasteiger partial charge in [0, 0.05) is 23.9 Å². The first-order valence-electron chi connectivity index (χ1n) is 8.01. The predicted octanol–water partition coefficient (Wildman–Crippen LogP) is 3.85. The van der Waals surface area contributed by atoms with E-state index in [9.17, 15) is 0 Å². The van der Waals surface area contributed by atoms with Crippen LogP contribution in [-0.2, 0) is 11.2 Å². The van der Waals surface area contributed by atoms with Gasteiger partial charge in [0.25, 0.3) is 0 Å². The molecular weight excluding hydrogens is 278 g/mol. The second kappa shape index (κ2) is 8.21. The average molecular weight is 308 g/mol. The Morgan fingerprint density at radius 1 is 1.24 bits per heavy atom. The summed E-state index contributed by atoms with van der Waals surface area (Å²) in [5.74, 6) is 0. The number of ether oxygens (including phenoxy) is 1. The highest BCUT2D eigenvalue weighted by atomic mass is 32.2. The maximum absolute atomic E-state index is 5.60. The first-order valence-corrected chi connectivity index (χ1v) is 9.24. The number of thioether (sulfide) groups is 1. The summed E-state index contributed by atoms with van der Waals surface area (Å²) >= 11 is 1.97. The molecule has 1 saturated heterocycles. The lowest BCUT2D eigenvalue weighted by Gasteiger charge is -2.31. The Bertz CT molecular complexity index is 401. The van der Waals surface area contributed by atoms with E-state index < -0.39 is 0 Å². The van der Waals surface area contributed by atoms with Crippen LogP contribution in [0, 0.1) is 0 Å². The van der Waals surface area contributed by atoms with Crippen LogP contribution in [0.2, 0.25) is 0 Å². The van der Waals surface area contributed by atoms with Gasteiger partial charge in [-0.2, -0.15) is 11.8 Å². The summed E-state index contributed by atoms with van der Waals surface area (Å²) in [6, 6.07) is 11.4. The molecule has 1 atom stereocenters. The molecule has 0 aliphatic carbocycles. The fraction of sp³-hybridized carbons (Fsp3) is 0.667. The second-order valence-electron chi connectivity index (χ2n) is 6.50. The molecule has 1 aromatic carbocycles. The van der Waals surface area contributed by atoms with Crippen molar-refractivity contribution in [3.63, 3.8) is 0 Å². The Kier molecular flexibility index (Phi) is 6.59. The van der Waals surface area contributed by atoms with Crippen molar-refractivity contribution in [2.24, 2.45) is 0 Å². The summed E-state index contributed by atoms with van der Waals surface area (Å²) in [7, 11) is 0. The first kappa shape index (κ1) is 16.9. The van der Waals surface area contributed by atoms with Crippen molar-refractivity contribution in [3.8, 4) is 0 Å². The molecule has 0 saturated carbocycles. The van der Waals surface area contributed by atoms with E-state index in [0.29, 0.717) is 10.8 Å². The van der Waals surface area contributed by atoms with Crippen molar-refractivity contribution in [1.29, 1.82) is 0 Å². The largest absolute Gasteiger partial charge is 0.380 e. The third-order valence-corrected chi connectivity index (χ3v) is 5.82. The fourth-order valence-corrected chi connectivity index (χ4v) is 3.01. The molecule has 3 heteroatoms. The average Bonchev–Trinajstić information content (AvgIpc) is 3.02. The zero-order chi connectivity index (χ0) is 15.1. The van der Waals surface area contributed by atoms with Gasteiger partial charge in [0.15, 0.2) is 0 Å². The number of hydrogen-bond acceptors (Lipinski definition) is 3.